The summed E-state index contributed by atoms with van der Waals surface area (Å²) in [5.74, 6) is 0.705. The standard InChI is InChI=1S/C19H22N2O2/c1-3-16-18(11-10-14(2)20-16)23-13-19(22)21-12-6-8-15-7-4-5-9-17(15)21/h4-5,7,9-11H,3,6,8,12-13H2,1-2H3. The van der Waals surface area contributed by atoms with E-state index >= 15 is 0 Å². The van der Waals surface area contributed by atoms with E-state index in [9.17, 15) is 4.79 Å². The highest BCUT2D eigenvalue weighted by Gasteiger charge is 2.22. The normalized spacial score (nSPS) is 13.6. The van der Waals surface area contributed by atoms with Crippen LogP contribution < -0.4 is 9.64 Å². The number of ether oxygens (including phenoxy) is 1. The maximum atomic E-state index is 12.6. The van der Waals surface area contributed by atoms with E-state index in [0.717, 1.165) is 42.9 Å². The van der Waals surface area contributed by atoms with Crippen LogP contribution in [0.1, 0.15) is 30.3 Å². The molecule has 0 unspecified atom stereocenters. The molecule has 1 aliphatic heterocycles. The molecule has 1 aromatic carbocycles. The molecule has 1 amide bonds. The van der Waals surface area contributed by atoms with Crippen molar-refractivity contribution in [2.75, 3.05) is 18.1 Å². The average Bonchev–Trinajstić information content (AvgIpc) is 2.59. The van der Waals surface area contributed by atoms with Crippen molar-refractivity contribution in [1.29, 1.82) is 0 Å². The van der Waals surface area contributed by atoms with E-state index in [1.165, 1.54) is 5.56 Å². The van der Waals surface area contributed by atoms with E-state index < -0.39 is 0 Å². The molecule has 0 aliphatic carbocycles. The van der Waals surface area contributed by atoms with Gasteiger partial charge in [0.25, 0.3) is 5.91 Å². The van der Waals surface area contributed by atoms with Gasteiger partial charge in [0, 0.05) is 17.9 Å². The van der Waals surface area contributed by atoms with Gasteiger partial charge in [0.2, 0.25) is 0 Å². The Kier molecular flexibility index (Phi) is 4.60. The average molecular weight is 310 g/mol. The van der Waals surface area contributed by atoms with Gasteiger partial charge in [-0.25, -0.2) is 0 Å². The van der Waals surface area contributed by atoms with Gasteiger partial charge in [-0.3, -0.25) is 9.78 Å². The van der Waals surface area contributed by atoms with Crippen LogP contribution in [0.3, 0.4) is 0 Å². The number of fused-ring (bicyclic) bond motifs is 1. The summed E-state index contributed by atoms with van der Waals surface area (Å²) in [6.45, 7) is 4.80. The van der Waals surface area contributed by atoms with Crippen molar-refractivity contribution in [1.82, 2.24) is 4.98 Å². The summed E-state index contributed by atoms with van der Waals surface area (Å²) in [7, 11) is 0. The van der Waals surface area contributed by atoms with Crippen LogP contribution in [-0.2, 0) is 17.6 Å². The first-order chi connectivity index (χ1) is 11.2. The molecular formula is C19H22N2O2. The third-order valence-corrected chi connectivity index (χ3v) is 4.17. The quantitative estimate of drug-likeness (QED) is 0.870. The summed E-state index contributed by atoms with van der Waals surface area (Å²) in [5.41, 5.74) is 4.12. The maximum absolute atomic E-state index is 12.6. The van der Waals surface area contributed by atoms with Gasteiger partial charge in [0.15, 0.2) is 6.61 Å². The van der Waals surface area contributed by atoms with Crippen molar-refractivity contribution in [3.8, 4) is 5.75 Å². The summed E-state index contributed by atoms with van der Waals surface area (Å²) in [4.78, 5) is 18.9. The number of carbonyl (C=O) groups is 1. The zero-order chi connectivity index (χ0) is 16.2. The number of hydrogen-bond donors (Lipinski definition) is 0. The molecule has 1 aromatic heterocycles. The van der Waals surface area contributed by atoms with Crippen LogP contribution in [0.2, 0.25) is 0 Å². The highest BCUT2D eigenvalue weighted by atomic mass is 16.5. The number of para-hydroxylation sites is 1. The molecule has 2 heterocycles. The summed E-state index contributed by atoms with van der Waals surface area (Å²) in [6, 6.07) is 11.9. The molecule has 4 heteroatoms. The molecule has 0 bridgehead atoms. The van der Waals surface area contributed by atoms with Gasteiger partial charge >= 0.3 is 0 Å². The lowest BCUT2D eigenvalue weighted by atomic mass is 10.0. The van der Waals surface area contributed by atoms with Gasteiger partial charge in [-0.1, -0.05) is 25.1 Å². The van der Waals surface area contributed by atoms with Crippen LogP contribution in [-0.4, -0.2) is 24.0 Å². The molecule has 1 aliphatic rings. The molecule has 0 atom stereocenters. The molecule has 0 fully saturated rings. The fourth-order valence-corrected chi connectivity index (χ4v) is 2.99. The number of anilines is 1. The van der Waals surface area contributed by atoms with Crippen molar-refractivity contribution in [2.24, 2.45) is 0 Å². The lowest BCUT2D eigenvalue weighted by Crippen LogP contribution is -2.38. The van der Waals surface area contributed by atoms with Crippen molar-refractivity contribution < 1.29 is 9.53 Å². The highest BCUT2D eigenvalue weighted by molar-refractivity contribution is 5.95. The molecule has 0 N–H and O–H groups in total. The van der Waals surface area contributed by atoms with Crippen LogP contribution in [0.15, 0.2) is 36.4 Å². The molecule has 120 valence electrons. The van der Waals surface area contributed by atoms with Gasteiger partial charge in [-0.15, -0.1) is 0 Å². The number of aromatic nitrogens is 1. The topological polar surface area (TPSA) is 42.4 Å². The monoisotopic (exact) mass is 310 g/mol. The Hall–Kier alpha value is -2.36. The van der Waals surface area contributed by atoms with Crippen molar-refractivity contribution in [2.45, 2.75) is 33.1 Å². The van der Waals surface area contributed by atoms with Crippen molar-refractivity contribution in [3.05, 3.63) is 53.3 Å². The third-order valence-electron chi connectivity index (χ3n) is 4.17. The number of pyridine rings is 1. The van der Waals surface area contributed by atoms with E-state index in [4.69, 9.17) is 4.74 Å². The minimum absolute atomic E-state index is 0.000205. The van der Waals surface area contributed by atoms with Crippen LogP contribution >= 0.6 is 0 Å². The zero-order valence-electron chi connectivity index (χ0n) is 13.7. The molecule has 0 spiro atoms. The van der Waals surface area contributed by atoms with Gasteiger partial charge in [0.05, 0.1) is 5.69 Å². The van der Waals surface area contributed by atoms with Gasteiger partial charge in [-0.2, -0.15) is 0 Å². The Morgan fingerprint density at radius 1 is 1.26 bits per heavy atom. The second-order valence-corrected chi connectivity index (χ2v) is 5.82. The van der Waals surface area contributed by atoms with Gasteiger partial charge in [0.1, 0.15) is 5.75 Å². The first-order valence-corrected chi connectivity index (χ1v) is 8.16. The molecule has 0 radical (unpaired) electrons. The Morgan fingerprint density at radius 3 is 2.91 bits per heavy atom. The number of rotatable bonds is 4. The number of aryl methyl sites for hydroxylation is 3. The molecule has 0 saturated heterocycles. The molecule has 0 saturated carbocycles. The first-order valence-electron chi connectivity index (χ1n) is 8.16. The highest BCUT2D eigenvalue weighted by Crippen LogP contribution is 2.27. The number of nitrogens with zero attached hydrogens (tertiary/aromatic N) is 2. The third kappa shape index (κ3) is 3.36. The van der Waals surface area contributed by atoms with Gasteiger partial charge < -0.3 is 9.64 Å². The number of amides is 1. The smallest absolute Gasteiger partial charge is 0.264 e. The first kappa shape index (κ1) is 15.5. The summed E-state index contributed by atoms with van der Waals surface area (Å²) < 4.78 is 5.76. The number of hydrogen-bond acceptors (Lipinski definition) is 3. The van der Waals surface area contributed by atoms with Crippen LogP contribution in [0.4, 0.5) is 5.69 Å². The predicted molar refractivity (Wildman–Crippen MR) is 91.0 cm³/mol. The maximum Gasteiger partial charge on any atom is 0.264 e. The van der Waals surface area contributed by atoms with E-state index in [1.54, 1.807) is 0 Å². The second-order valence-electron chi connectivity index (χ2n) is 5.82. The van der Waals surface area contributed by atoms with Gasteiger partial charge in [-0.05, 0) is 49.9 Å². The number of benzene rings is 1. The largest absolute Gasteiger partial charge is 0.482 e. The Morgan fingerprint density at radius 2 is 2.09 bits per heavy atom. The second kappa shape index (κ2) is 6.82. The minimum Gasteiger partial charge on any atom is -0.482 e. The van der Waals surface area contributed by atoms with Crippen molar-refractivity contribution in [3.63, 3.8) is 0 Å². The fourth-order valence-electron chi connectivity index (χ4n) is 2.99. The lowest BCUT2D eigenvalue weighted by Gasteiger charge is -2.29. The predicted octanol–water partition coefficient (Wildman–Crippen LogP) is 3.31. The summed E-state index contributed by atoms with van der Waals surface area (Å²) in [5, 5.41) is 0. The van der Waals surface area contributed by atoms with E-state index in [2.05, 4.69) is 11.1 Å². The van der Waals surface area contributed by atoms with E-state index in [-0.39, 0.29) is 12.5 Å². The SMILES string of the molecule is CCc1nc(C)ccc1OCC(=O)N1CCCc2ccccc21. The fraction of sp³-hybridized carbons (Fsp3) is 0.368. The number of carbonyl (C=O) groups excluding carboxylic acids is 1. The van der Waals surface area contributed by atoms with E-state index in [1.807, 2.05) is 49.1 Å². The minimum atomic E-state index is -0.000205. The Bertz CT molecular complexity index is 712. The lowest BCUT2D eigenvalue weighted by molar-refractivity contribution is -0.120. The van der Waals surface area contributed by atoms with E-state index in [0.29, 0.717) is 5.75 Å². The molecule has 2 aromatic rings. The summed E-state index contributed by atoms with van der Waals surface area (Å²) in [6.07, 6.45) is 2.81. The molecule has 3 rings (SSSR count). The van der Waals surface area contributed by atoms with Crippen LogP contribution in [0.5, 0.6) is 5.75 Å². The Labute approximate surface area is 137 Å². The Balaban J connectivity index is 1.71. The molecule has 4 nitrogen and oxygen atoms in total. The van der Waals surface area contributed by atoms with Crippen LogP contribution in [0, 0.1) is 6.92 Å². The summed E-state index contributed by atoms with van der Waals surface area (Å²) >= 11 is 0. The van der Waals surface area contributed by atoms with Crippen LogP contribution in [0.25, 0.3) is 0 Å². The zero-order valence-corrected chi connectivity index (χ0v) is 13.7. The molecule has 23 heavy (non-hydrogen) atoms. The van der Waals surface area contributed by atoms with Crippen molar-refractivity contribution >= 4 is 11.6 Å². The molecular weight excluding hydrogens is 288 g/mol.